The van der Waals surface area contributed by atoms with E-state index in [1.54, 1.807) is 0 Å². The van der Waals surface area contributed by atoms with Crippen LogP contribution >= 0.6 is 0 Å². The molecule has 0 aliphatic carbocycles. The van der Waals surface area contributed by atoms with Crippen LogP contribution < -0.4 is 5.32 Å². The zero-order valence-corrected chi connectivity index (χ0v) is 7.68. The van der Waals surface area contributed by atoms with Crippen molar-refractivity contribution in [1.29, 1.82) is 0 Å². The second-order valence-electron chi connectivity index (χ2n) is 2.31. The Morgan fingerprint density at radius 3 is 2.18 bits per heavy atom. The van der Waals surface area contributed by atoms with Gasteiger partial charge >= 0.3 is 5.97 Å². The number of hydrogen-bond donors (Lipinski definition) is 2. The molecule has 11 heavy (non-hydrogen) atoms. The van der Waals surface area contributed by atoms with Gasteiger partial charge in [0.25, 0.3) is 0 Å². The number of carbonyl (C=O) groups is 1. The molecule has 0 spiro atoms. The molecule has 68 valence electrons. The van der Waals surface area contributed by atoms with Crippen molar-refractivity contribution in [1.82, 2.24) is 5.32 Å². The molecule has 0 saturated carbocycles. The molecule has 0 aromatic carbocycles. The topological polar surface area (TPSA) is 49.3 Å². The van der Waals surface area contributed by atoms with Gasteiger partial charge in [-0.1, -0.05) is 20.3 Å². The lowest BCUT2D eigenvalue weighted by Gasteiger charge is -1.92. The van der Waals surface area contributed by atoms with Crippen molar-refractivity contribution in [3.63, 3.8) is 0 Å². The second kappa shape index (κ2) is 12.1. The first kappa shape index (κ1) is 13.1. The second-order valence-corrected chi connectivity index (χ2v) is 2.31. The molecule has 3 heteroatoms. The van der Waals surface area contributed by atoms with Crippen molar-refractivity contribution in [2.24, 2.45) is 0 Å². The van der Waals surface area contributed by atoms with Crippen LogP contribution in [0, 0.1) is 0 Å². The van der Waals surface area contributed by atoms with Gasteiger partial charge in [0.15, 0.2) is 0 Å². The van der Waals surface area contributed by atoms with E-state index in [-0.39, 0.29) is 6.42 Å². The third-order valence-electron chi connectivity index (χ3n) is 0.817. The standard InChI is InChI=1S/C5H11NO2.C3H8/c1-6-4-2-3-5(7)8;1-3-2/h6H,2-4H2,1H3,(H,7,8);3H2,1-2H3. The average Bonchev–Trinajstić information content (AvgIpc) is 1.89. The van der Waals surface area contributed by atoms with Crippen LogP contribution in [0.2, 0.25) is 0 Å². The van der Waals surface area contributed by atoms with Crippen LogP contribution in [0.15, 0.2) is 0 Å². The fourth-order valence-corrected chi connectivity index (χ4v) is 0.416. The quantitative estimate of drug-likeness (QED) is 0.614. The highest BCUT2D eigenvalue weighted by molar-refractivity contribution is 5.66. The van der Waals surface area contributed by atoms with Crippen molar-refractivity contribution in [2.75, 3.05) is 13.6 Å². The number of nitrogens with one attached hydrogen (secondary N) is 1. The van der Waals surface area contributed by atoms with Crippen molar-refractivity contribution < 1.29 is 9.90 Å². The molecule has 0 aromatic heterocycles. The molecular formula is C8H19NO2. The SMILES string of the molecule is CCC.CNCCCC(=O)O. The maximum absolute atomic E-state index is 9.85. The fraction of sp³-hybridized carbons (Fsp3) is 0.875. The highest BCUT2D eigenvalue weighted by Crippen LogP contribution is 1.83. The average molecular weight is 161 g/mol. The summed E-state index contributed by atoms with van der Waals surface area (Å²) >= 11 is 0. The Balaban J connectivity index is 0. The van der Waals surface area contributed by atoms with E-state index in [0.717, 1.165) is 6.54 Å². The van der Waals surface area contributed by atoms with Crippen LogP contribution in [0.3, 0.4) is 0 Å². The van der Waals surface area contributed by atoms with Crippen LogP contribution in [0.1, 0.15) is 33.1 Å². The molecule has 0 unspecified atom stereocenters. The van der Waals surface area contributed by atoms with Crippen LogP contribution in [0.5, 0.6) is 0 Å². The summed E-state index contributed by atoms with van der Waals surface area (Å²) < 4.78 is 0. The smallest absolute Gasteiger partial charge is 0.303 e. The molecule has 0 fully saturated rings. The predicted octanol–water partition coefficient (Wildman–Crippen LogP) is 1.49. The minimum atomic E-state index is -0.722. The first-order valence-corrected chi connectivity index (χ1v) is 4.05. The van der Waals surface area contributed by atoms with Crippen LogP contribution in [-0.4, -0.2) is 24.7 Å². The molecule has 0 bridgehead atoms. The number of aliphatic carboxylic acids is 1. The Morgan fingerprint density at radius 2 is 1.91 bits per heavy atom. The Kier molecular flexibility index (Phi) is 14.4. The van der Waals surface area contributed by atoms with E-state index in [1.807, 2.05) is 7.05 Å². The summed E-state index contributed by atoms with van der Waals surface area (Å²) in [5.41, 5.74) is 0. The molecule has 0 aliphatic rings. The largest absolute Gasteiger partial charge is 0.481 e. The highest BCUT2D eigenvalue weighted by atomic mass is 16.4. The van der Waals surface area contributed by atoms with Gasteiger partial charge < -0.3 is 10.4 Å². The number of carboxylic acid groups (broad SMARTS) is 1. The van der Waals surface area contributed by atoms with Gasteiger partial charge in [-0.2, -0.15) is 0 Å². The predicted molar refractivity (Wildman–Crippen MR) is 46.8 cm³/mol. The summed E-state index contributed by atoms with van der Waals surface area (Å²) in [6, 6.07) is 0. The van der Waals surface area contributed by atoms with Crippen molar-refractivity contribution in [3.05, 3.63) is 0 Å². The minimum absolute atomic E-state index is 0.265. The summed E-state index contributed by atoms with van der Waals surface area (Å²) in [4.78, 5) is 9.85. The van der Waals surface area contributed by atoms with Crippen molar-refractivity contribution >= 4 is 5.97 Å². The number of rotatable bonds is 4. The van der Waals surface area contributed by atoms with E-state index >= 15 is 0 Å². The lowest BCUT2D eigenvalue weighted by atomic mass is 10.3. The number of carboxylic acids is 1. The van der Waals surface area contributed by atoms with Gasteiger partial charge in [-0.15, -0.1) is 0 Å². The van der Waals surface area contributed by atoms with E-state index in [9.17, 15) is 4.79 Å². The van der Waals surface area contributed by atoms with Gasteiger partial charge in [0.05, 0.1) is 0 Å². The summed E-state index contributed by atoms with van der Waals surface area (Å²) in [7, 11) is 1.81. The van der Waals surface area contributed by atoms with E-state index < -0.39 is 5.97 Å². The summed E-state index contributed by atoms with van der Waals surface area (Å²) in [6.45, 7) is 5.03. The van der Waals surface area contributed by atoms with Crippen LogP contribution in [0.4, 0.5) is 0 Å². The summed E-state index contributed by atoms with van der Waals surface area (Å²) in [6.07, 6.45) is 2.23. The van der Waals surface area contributed by atoms with Gasteiger partial charge in [0.1, 0.15) is 0 Å². The minimum Gasteiger partial charge on any atom is -0.481 e. The molecule has 0 aliphatic heterocycles. The van der Waals surface area contributed by atoms with Crippen molar-refractivity contribution in [2.45, 2.75) is 33.1 Å². The summed E-state index contributed by atoms with van der Waals surface area (Å²) in [5, 5.41) is 11.0. The van der Waals surface area contributed by atoms with Crippen LogP contribution in [0.25, 0.3) is 0 Å². The molecule has 2 N–H and O–H groups in total. The zero-order valence-electron chi connectivity index (χ0n) is 7.68. The lowest BCUT2D eigenvalue weighted by molar-refractivity contribution is -0.137. The summed E-state index contributed by atoms with van der Waals surface area (Å²) in [5.74, 6) is -0.722. The van der Waals surface area contributed by atoms with E-state index in [4.69, 9.17) is 5.11 Å². The normalized spacial score (nSPS) is 8.27. The first-order valence-electron chi connectivity index (χ1n) is 4.05. The molecule has 0 heterocycles. The van der Waals surface area contributed by atoms with Gasteiger partial charge in [0.2, 0.25) is 0 Å². The molecular weight excluding hydrogens is 142 g/mol. The zero-order chi connectivity index (χ0) is 9.11. The lowest BCUT2D eigenvalue weighted by Crippen LogP contribution is -2.09. The number of hydrogen-bond acceptors (Lipinski definition) is 2. The molecule has 3 nitrogen and oxygen atoms in total. The monoisotopic (exact) mass is 161 g/mol. The Bertz CT molecular complexity index is 84.2. The Labute approximate surface area is 68.8 Å². The third kappa shape index (κ3) is 26.5. The van der Waals surface area contributed by atoms with Gasteiger partial charge in [-0.3, -0.25) is 4.79 Å². The van der Waals surface area contributed by atoms with Gasteiger partial charge in [-0.25, -0.2) is 0 Å². The molecule has 0 amide bonds. The Morgan fingerprint density at radius 1 is 1.45 bits per heavy atom. The molecule has 0 aromatic rings. The van der Waals surface area contributed by atoms with Gasteiger partial charge in [-0.05, 0) is 20.0 Å². The molecule has 0 atom stereocenters. The third-order valence-corrected chi connectivity index (χ3v) is 0.817. The fourth-order valence-electron chi connectivity index (χ4n) is 0.416. The van der Waals surface area contributed by atoms with Gasteiger partial charge in [0, 0.05) is 6.42 Å². The van der Waals surface area contributed by atoms with E-state index in [1.165, 1.54) is 6.42 Å². The Hall–Kier alpha value is -0.570. The molecule has 0 rings (SSSR count). The first-order chi connectivity index (χ1) is 5.18. The maximum Gasteiger partial charge on any atom is 0.303 e. The van der Waals surface area contributed by atoms with E-state index in [0.29, 0.717) is 6.42 Å². The maximum atomic E-state index is 9.85. The molecule has 0 radical (unpaired) electrons. The molecule has 0 saturated heterocycles. The van der Waals surface area contributed by atoms with Crippen LogP contribution in [-0.2, 0) is 4.79 Å². The van der Waals surface area contributed by atoms with E-state index in [2.05, 4.69) is 19.2 Å². The highest BCUT2D eigenvalue weighted by Gasteiger charge is 1.92. The van der Waals surface area contributed by atoms with Crippen molar-refractivity contribution in [3.8, 4) is 0 Å².